The molecular formula is C33H37F5N6O5. The summed E-state index contributed by atoms with van der Waals surface area (Å²) in [7, 11) is 1.75. The van der Waals surface area contributed by atoms with Crippen LogP contribution in [0, 0.1) is 17.3 Å². The number of alkyl halides is 5. The van der Waals surface area contributed by atoms with Gasteiger partial charge in [0.25, 0.3) is 0 Å². The van der Waals surface area contributed by atoms with Crippen LogP contribution in [0.5, 0.6) is 0 Å². The van der Waals surface area contributed by atoms with Gasteiger partial charge in [-0.25, -0.2) is 23.1 Å². The van der Waals surface area contributed by atoms with Gasteiger partial charge in [-0.2, -0.15) is 18.3 Å². The van der Waals surface area contributed by atoms with Crippen molar-refractivity contribution in [3.8, 4) is 0 Å². The second-order valence-electron chi connectivity index (χ2n) is 13.4. The van der Waals surface area contributed by atoms with Crippen molar-refractivity contribution >= 4 is 29.3 Å². The Labute approximate surface area is 278 Å². The third-order valence-corrected chi connectivity index (χ3v) is 9.92. The van der Waals surface area contributed by atoms with Crippen LogP contribution in [0.25, 0.3) is 5.65 Å². The number of aliphatic carboxylic acids is 1. The van der Waals surface area contributed by atoms with Gasteiger partial charge in [-0.1, -0.05) is 30.3 Å². The van der Waals surface area contributed by atoms with E-state index in [-0.39, 0.29) is 55.4 Å². The maximum atomic E-state index is 14.1. The van der Waals surface area contributed by atoms with Gasteiger partial charge in [0.1, 0.15) is 6.61 Å². The fourth-order valence-corrected chi connectivity index (χ4v) is 6.83. The molecule has 0 bridgehead atoms. The number of carboxylic acids is 1. The number of nitrogens with zero attached hydrogens (tertiary/aromatic N) is 4. The van der Waals surface area contributed by atoms with Crippen molar-refractivity contribution in [1.82, 2.24) is 25.2 Å². The van der Waals surface area contributed by atoms with Crippen molar-refractivity contribution in [1.29, 1.82) is 0 Å². The maximum Gasteiger partial charge on any atom is 0.408 e. The van der Waals surface area contributed by atoms with E-state index in [9.17, 15) is 41.4 Å². The minimum Gasteiger partial charge on any atom is -0.480 e. The number of halogens is 5. The number of rotatable bonds is 10. The van der Waals surface area contributed by atoms with Crippen molar-refractivity contribution in [3.05, 3.63) is 59.5 Å². The van der Waals surface area contributed by atoms with Crippen molar-refractivity contribution in [2.45, 2.75) is 82.2 Å². The standard InChI is InChI=1S/C33H37F5N6O5/c1-43(22-7-8-22)25-13-26-40-24(17-44(26)42-23(25)15-31(29(46)47)14-21(33(36,37)38)16-39-28(31)45)27(20-9-11-32(34,35)12-10-20)41-30(48)49-18-19-5-3-2-4-6-19/h2-6,13,17,20-22,27H,7-12,14-16,18H2,1H3,(H,39,45)(H,41,48)(H,46,47)/t21-,27+,31?/m1/s1. The molecule has 0 radical (unpaired) electrons. The lowest BCUT2D eigenvalue weighted by Crippen LogP contribution is -2.57. The Morgan fingerprint density at radius 2 is 1.86 bits per heavy atom. The van der Waals surface area contributed by atoms with Gasteiger partial charge in [0, 0.05) is 45.0 Å². The molecule has 3 heterocycles. The molecule has 3 atom stereocenters. The minimum absolute atomic E-state index is 0.0246. The van der Waals surface area contributed by atoms with E-state index in [1.165, 1.54) is 10.7 Å². The molecule has 2 aliphatic carbocycles. The predicted molar refractivity (Wildman–Crippen MR) is 165 cm³/mol. The predicted octanol–water partition coefficient (Wildman–Crippen LogP) is 5.43. The zero-order valence-electron chi connectivity index (χ0n) is 26.7. The Hall–Kier alpha value is -4.50. The van der Waals surface area contributed by atoms with Crippen molar-refractivity contribution in [3.63, 3.8) is 0 Å². The zero-order valence-corrected chi connectivity index (χ0v) is 26.7. The van der Waals surface area contributed by atoms with Gasteiger partial charge in [-0.3, -0.25) is 9.59 Å². The molecule has 1 aliphatic heterocycles. The van der Waals surface area contributed by atoms with Gasteiger partial charge in [0.05, 0.1) is 35.2 Å². The SMILES string of the molecule is CN(c1cc2nc([C@@H](NC(=O)OCc3ccccc3)C3CCC(F)(F)CC3)cn2nc1CC1(C(=O)O)C[C@@H](C(F)(F)F)CNC1=O)C1CC1. The largest absolute Gasteiger partial charge is 0.480 e. The molecule has 3 fully saturated rings. The Kier molecular flexibility index (Phi) is 9.17. The molecule has 6 rings (SSSR count). The normalized spacial score (nSPS) is 23.5. The van der Waals surface area contributed by atoms with Crippen LogP contribution in [0.15, 0.2) is 42.6 Å². The number of carbonyl (C=O) groups is 3. The highest BCUT2D eigenvalue weighted by Gasteiger charge is 2.57. The smallest absolute Gasteiger partial charge is 0.408 e. The Balaban J connectivity index is 1.35. The monoisotopic (exact) mass is 692 g/mol. The average molecular weight is 693 g/mol. The van der Waals surface area contributed by atoms with Crippen molar-refractivity contribution < 1.29 is 46.2 Å². The third-order valence-electron chi connectivity index (χ3n) is 9.92. The molecule has 3 aliphatic rings. The first-order chi connectivity index (χ1) is 23.1. The number of nitrogens with one attached hydrogen (secondary N) is 2. The van der Waals surface area contributed by atoms with Crippen LogP contribution in [-0.4, -0.2) is 69.4 Å². The first kappa shape index (κ1) is 34.4. The van der Waals surface area contributed by atoms with E-state index >= 15 is 0 Å². The number of aromatic nitrogens is 3. The summed E-state index contributed by atoms with van der Waals surface area (Å²) >= 11 is 0. The Bertz CT molecular complexity index is 1700. The number of fused-ring (bicyclic) bond motifs is 1. The van der Waals surface area contributed by atoms with Crippen LogP contribution in [0.2, 0.25) is 0 Å². The molecule has 0 spiro atoms. The lowest BCUT2D eigenvalue weighted by Gasteiger charge is -2.37. The molecule has 2 amide bonds. The first-order valence-electron chi connectivity index (χ1n) is 16.2. The Morgan fingerprint density at radius 3 is 2.49 bits per heavy atom. The van der Waals surface area contributed by atoms with Gasteiger partial charge in [-0.15, -0.1) is 0 Å². The summed E-state index contributed by atoms with van der Waals surface area (Å²) in [5, 5.41) is 19.8. The summed E-state index contributed by atoms with van der Waals surface area (Å²) in [5.74, 6) is -8.04. The van der Waals surface area contributed by atoms with Gasteiger partial charge in [0.15, 0.2) is 11.1 Å². The van der Waals surface area contributed by atoms with Gasteiger partial charge >= 0.3 is 18.2 Å². The minimum atomic E-state index is -4.73. The molecule has 3 N–H and O–H groups in total. The fourth-order valence-electron chi connectivity index (χ4n) is 6.83. The van der Waals surface area contributed by atoms with E-state index in [1.807, 2.05) is 11.0 Å². The summed E-state index contributed by atoms with van der Waals surface area (Å²) in [4.78, 5) is 45.2. The molecule has 49 heavy (non-hydrogen) atoms. The summed E-state index contributed by atoms with van der Waals surface area (Å²) in [6.45, 7) is -0.748. The molecule has 1 saturated heterocycles. The summed E-state index contributed by atoms with van der Waals surface area (Å²) in [5.41, 5.74) is -0.652. The zero-order chi connectivity index (χ0) is 35.1. The van der Waals surface area contributed by atoms with E-state index in [0.29, 0.717) is 5.69 Å². The molecule has 2 saturated carbocycles. The number of piperidine rings is 1. The molecule has 3 aromatic rings. The highest BCUT2D eigenvalue weighted by atomic mass is 19.4. The molecule has 16 heteroatoms. The number of amides is 2. The van der Waals surface area contributed by atoms with E-state index < -0.39 is 72.7 Å². The van der Waals surface area contributed by atoms with E-state index in [2.05, 4.69) is 15.7 Å². The number of carbonyl (C=O) groups excluding carboxylic acids is 2. The van der Waals surface area contributed by atoms with Crippen molar-refractivity contribution in [2.24, 2.45) is 17.3 Å². The van der Waals surface area contributed by atoms with E-state index in [4.69, 9.17) is 9.72 Å². The van der Waals surface area contributed by atoms with Crippen LogP contribution in [0.1, 0.15) is 67.9 Å². The molecule has 1 aromatic carbocycles. The van der Waals surface area contributed by atoms with E-state index in [1.54, 1.807) is 37.4 Å². The van der Waals surface area contributed by atoms with Crippen LogP contribution < -0.4 is 15.5 Å². The molecule has 264 valence electrons. The lowest BCUT2D eigenvalue weighted by molar-refractivity contribution is -0.194. The number of benzene rings is 1. The van der Waals surface area contributed by atoms with Gasteiger partial charge in [-0.05, 0) is 43.6 Å². The number of carboxylic acid groups (broad SMARTS) is 1. The molecule has 2 aromatic heterocycles. The summed E-state index contributed by atoms with van der Waals surface area (Å²) in [6.07, 6.45) is -4.53. The number of alkyl carbamates (subject to hydrolysis) is 1. The molecular weight excluding hydrogens is 655 g/mol. The average Bonchev–Trinajstić information content (AvgIpc) is 3.82. The lowest BCUT2D eigenvalue weighted by atomic mass is 9.72. The highest BCUT2D eigenvalue weighted by molar-refractivity contribution is 6.03. The first-order valence-corrected chi connectivity index (χ1v) is 16.2. The van der Waals surface area contributed by atoms with E-state index in [0.717, 1.165) is 18.4 Å². The molecule has 1 unspecified atom stereocenters. The van der Waals surface area contributed by atoms with Crippen LogP contribution in [0.4, 0.5) is 32.4 Å². The number of hydrogen-bond donors (Lipinski definition) is 3. The summed E-state index contributed by atoms with van der Waals surface area (Å²) < 4.78 is 76.4. The third kappa shape index (κ3) is 7.42. The topological polar surface area (TPSA) is 138 Å². The maximum absolute atomic E-state index is 14.1. The quantitative estimate of drug-likeness (QED) is 0.189. The molecule has 11 nitrogen and oxygen atoms in total. The number of imidazole rings is 1. The summed E-state index contributed by atoms with van der Waals surface area (Å²) in [6, 6.07) is 9.80. The van der Waals surface area contributed by atoms with Crippen molar-refractivity contribution in [2.75, 3.05) is 18.5 Å². The van der Waals surface area contributed by atoms with Crippen LogP contribution in [-0.2, 0) is 27.4 Å². The second-order valence-corrected chi connectivity index (χ2v) is 13.4. The van der Waals surface area contributed by atoms with Gasteiger partial charge in [0.2, 0.25) is 11.8 Å². The second kappa shape index (κ2) is 13.1. The highest BCUT2D eigenvalue weighted by Crippen LogP contribution is 2.44. The Morgan fingerprint density at radius 1 is 1.16 bits per heavy atom. The van der Waals surface area contributed by atoms with Crippen LogP contribution in [0.3, 0.4) is 0 Å². The number of hydrogen-bond acceptors (Lipinski definition) is 7. The fraction of sp³-hybridized carbons (Fsp3) is 0.545. The number of anilines is 1. The van der Waals surface area contributed by atoms with Gasteiger partial charge < -0.3 is 25.4 Å². The van der Waals surface area contributed by atoms with Crippen LogP contribution >= 0.6 is 0 Å². The number of ether oxygens (including phenoxy) is 1.